The Hall–Kier alpha value is -2.04. The number of rotatable bonds is 5. The molecule has 2 aliphatic rings. The maximum atomic E-state index is 12.8. The van der Waals surface area contributed by atoms with Crippen LogP contribution in [-0.2, 0) is 4.79 Å². The number of amides is 1. The topological polar surface area (TPSA) is 68.2 Å². The molecule has 0 aromatic heterocycles. The van der Waals surface area contributed by atoms with Crippen LogP contribution in [0.1, 0.15) is 38.5 Å². The average Bonchev–Trinajstić information content (AvgIpc) is 2.79. The standard InChI is InChI=1S/C18H26N4O/c1-22-16(23)18(21-17(22)19,12-14-8-4-2-5-9-14)13-20-15-10-6-3-7-11-15/h3,6-7,10-11,14,20H,2,4-5,8-9,12-13H2,1H3,(H2,19,21)/t18-/m0/s1. The van der Waals surface area contributed by atoms with Crippen molar-refractivity contribution < 1.29 is 4.79 Å². The third-order valence-corrected chi connectivity index (χ3v) is 5.14. The zero-order chi connectivity index (χ0) is 16.3. The quantitative estimate of drug-likeness (QED) is 0.783. The fourth-order valence-corrected chi connectivity index (χ4v) is 3.81. The first-order chi connectivity index (χ1) is 11.1. The minimum atomic E-state index is -0.691. The van der Waals surface area contributed by atoms with Crippen LogP contribution in [0.5, 0.6) is 0 Å². The van der Waals surface area contributed by atoms with Crippen LogP contribution in [0.25, 0.3) is 0 Å². The van der Waals surface area contributed by atoms with E-state index in [1.54, 1.807) is 7.05 Å². The monoisotopic (exact) mass is 314 g/mol. The number of para-hydroxylation sites is 1. The molecular weight excluding hydrogens is 288 g/mol. The highest BCUT2D eigenvalue weighted by Crippen LogP contribution is 2.33. The minimum absolute atomic E-state index is 0.0107. The number of anilines is 1. The van der Waals surface area contributed by atoms with Crippen LogP contribution >= 0.6 is 0 Å². The van der Waals surface area contributed by atoms with Gasteiger partial charge in [-0.1, -0.05) is 50.3 Å². The number of carbonyl (C=O) groups excluding carboxylic acids is 1. The van der Waals surface area contributed by atoms with Crippen molar-refractivity contribution in [2.45, 2.75) is 44.1 Å². The van der Waals surface area contributed by atoms with Crippen molar-refractivity contribution in [3.8, 4) is 0 Å². The predicted octanol–water partition coefficient (Wildman–Crippen LogP) is 2.80. The number of carbonyl (C=O) groups is 1. The molecule has 1 aliphatic carbocycles. The number of hydrogen-bond donors (Lipinski definition) is 3. The van der Waals surface area contributed by atoms with Crippen LogP contribution in [-0.4, -0.2) is 35.9 Å². The van der Waals surface area contributed by atoms with E-state index >= 15 is 0 Å². The van der Waals surface area contributed by atoms with Crippen LogP contribution in [0, 0.1) is 11.3 Å². The first-order valence-electron chi connectivity index (χ1n) is 8.54. The van der Waals surface area contributed by atoms with Gasteiger partial charge in [0.1, 0.15) is 5.54 Å². The molecule has 1 aliphatic heterocycles. The number of likely N-dealkylation sites (N-methyl/N-ethyl adjacent to an activating group) is 1. The second-order valence-electron chi connectivity index (χ2n) is 6.85. The van der Waals surface area contributed by atoms with Crippen molar-refractivity contribution in [2.75, 3.05) is 18.9 Å². The van der Waals surface area contributed by atoms with Crippen LogP contribution in [0.15, 0.2) is 30.3 Å². The maximum absolute atomic E-state index is 12.8. The van der Waals surface area contributed by atoms with Gasteiger partial charge in [0.2, 0.25) is 0 Å². The third kappa shape index (κ3) is 3.33. The largest absolute Gasteiger partial charge is 0.382 e. The lowest BCUT2D eigenvalue weighted by Crippen LogP contribution is -2.53. The molecule has 2 fully saturated rings. The molecule has 0 bridgehead atoms. The van der Waals surface area contributed by atoms with Gasteiger partial charge in [-0.15, -0.1) is 0 Å². The summed E-state index contributed by atoms with van der Waals surface area (Å²) in [7, 11) is 1.68. The molecule has 1 atom stereocenters. The number of guanidine groups is 1. The van der Waals surface area contributed by atoms with E-state index in [4.69, 9.17) is 5.41 Å². The molecule has 23 heavy (non-hydrogen) atoms. The van der Waals surface area contributed by atoms with Crippen molar-refractivity contribution in [1.82, 2.24) is 10.2 Å². The van der Waals surface area contributed by atoms with Crippen molar-refractivity contribution >= 4 is 17.6 Å². The molecule has 1 saturated carbocycles. The molecule has 1 amide bonds. The maximum Gasteiger partial charge on any atom is 0.256 e. The fraction of sp³-hybridized carbons (Fsp3) is 0.556. The molecule has 124 valence electrons. The summed E-state index contributed by atoms with van der Waals surface area (Å²) < 4.78 is 0. The molecule has 1 aromatic carbocycles. The molecule has 0 spiro atoms. The lowest BCUT2D eigenvalue weighted by atomic mass is 9.79. The lowest BCUT2D eigenvalue weighted by Gasteiger charge is -2.33. The van der Waals surface area contributed by atoms with E-state index in [1.807, 2.05) is 30.3 Å². The van der Waals surface area contributed by atoms with E-state index in [1.165, 1.54) is 37.0 Å². The molecular formula is C18H26N4O. The van der Waals surface area contributed by atoms with E-state index < -0.39 is 5.54 Å². The van der Waals surface area contributed by atoms with Gasteiger partial charge >= 0.3 is 0 Å². The first kappa shape index (κ1) is 15.8. The molecule has 1 aromatic rings. The summed E-state index contributed by atoms with van der Waals surface area (Å²) in [5, 5.41) is 14.6. The van der Waals surface area contributed by atoms with Gasteiger partial charge in [0.15, 0.2) is 5.96 Å². The highest BCUT2D eigenvalue weighted by Gasteiger charge is 2.49. The third-order valence-electron chi connectivity index (χ3n) is 5.14. The van der Waals surface area contributed by atoms with Gasteiger partial charge in [-0.2, -0.15) is 0 Å². The molecule has 0 unspecified atom stereocenters. The zero-order valence-corrected chi connectivity index (χ0v) is 13.8. The minimum Gasteiger partial charge on any atom is -0.382 e. The lowest BCUT2D eigenvalue weighted by molar-refractivity contribution is -0.130. The van der Waals surface area contributed by atoms with E-state index in [-0.39, 0.29) is 11.9 Å². The van der Waals surface area contributed by atoms with Gasteiger partial charge in [0.05, 0.1) is 0 Å². The van der Waals surface area contributed by atoms with Crippen molar-refractivity contribution in [1.29, 1.82) is 5.41 Å². The smallest absolute Gasteiger partial charge is 0.256 e. The van der Waals surface area contributed by atoms with Gasteiger partial charge in [-0.05, 0) is 24.5 Å². The van der Waals surface area contributed by atoms with Crippen LogP contribution in [0.3, 0.4) is 0 Å². The van der Waals surface area contributed by atoms with Gasteiger partial charge in [0.25, 0.3) is 5.91 Å². The van der Waals surface area contributed by atoms with Crippen molar-refractivity contribution in [2.24, 2.45) is 5.92 Å². The van der Waals surface area contributed by atoms with Crippen molar-refractivity contribution in [3.05, 3.63) is 30.3 Å². The Morgan fingerprint density at radius 1 is 1.26 bits per heavy atom. The fourth-order valence-electron chi connectivity index (χ4n) is 3.81. The van der Waals surface area contributed by atoms with Crippen LogP contribution < -0.4 is 10.6 Å². The molecule has 1 saturated heterocycles. The summed E-state index contributed by atoms with van der Waals surface area (Å²) in [5.74, 6) is 0.786. The Balaban J connectivity index is 1.76. The van der Waals surface area contributed by atoms with Crippen molar-refractivity contribution in [3.63, 3.8) is 0 Å². The summed E-state index contributed by atoms with van der Waals surface area (Å²) in [6.45, 7) is 0.513. The van der Waals surface area contributed by atoms with Gasteiger partial charge in [0, 0.05) is 19.3 Å². The molecule has 0 radical (unpaired) electrons. The predicted molar refractivity (Wildman–Crippen MR) is 92.5 cm³/mol. The Bertz CT molecular complexity index is 568. The summed E-state index contributed by atoms with van der Waals surface area (Å²) in [4.78, 5) is 14.3. The SMILES string of the molecule is CN1C(=N)N[C@](CNc2ccccc2)(CC2CCCCC2)C1=O. The molecule has 3 rings (SSSR count). The Labute approximate surface area is 138 Å². The average molecular weight is 314 g/mol. The first-order valence-corrected chi connectivity index (χ1v) is 8.54. The summed E-state index contributed by atoms with van der Waals surface area (Å²) >= 11 is 0. The second kappa shape index (κ2) is 6.60. The van der Waals surface area contributed by atoms with Gasteiger partial charge in [-0.25, -0.2) is 0 Å². The Morgan fingerprint density at radius 2 is 1.96 bits per heavy atom. The highest BCUT2D eigenvalue weighted by molar-refractivity contribution is 6.08. The highest BCUT2D eigenvalue weighted by atomic mass is 16.2. The Morgan fingerprint density at radius 3 is 2.57 bits per heavy atom. The Kier molecular flexibility index (Phi) is 4.55. The van der Waals surface area contributed by atoms with Crippen LogP contribution in [0.4, 0.5) is 5.69 Å². The second-order valence-corrected chi connectivity index (χ2v) is 6.85. The van der Waals surface area contributed by atoms with E-state index in [9.17, 15) is 4.79 Å². The van der Waals surface area contributed by atoms with E-state index in [0.29, 0.717) is 12.5 Å². The molecule has 1 heterocycles. The molecule has 5 nitrogen and oxygen atoms in total. The number of hydrogen-bond acceptors (Lipinski definition) is 3. The number of benzene rings is 1. The van der Waals surface area contributed by atoms with E-state index in [2.05, 4.69) is 10.6 Å². The molecule has 3 N–H and O–H groups in total. The van der Waals surface area contributed by atoms with Gasteiger partial charge < -0.3 is 10.6 Å². The number of nitrogens with zero attached hydrogens (tertiary/aromatic N) is 1. The normalized spacial score (nSPS) is 25.5. The summed E-state index contributed by atoms with van der Waals surface area (Å²) in [6.07, 6.45) is 7.02. The summed E-state index contributed by atoms with van der Waals surface area (Å²) in [5.41, 5.74) is 0.315. The number of nitrogens with one attached hydrogen (secondary N) is 3. The van der Waals surface area contributed by atoms with E-state index in [0.717, 1.165) is 12.1 Å². The summed E-state index contributed by atoms with van der Waals surface area (Å²) in [6, 6.07) is 9.94. The zero-order valence-electron chi connectivity index (χ0n) is 13.8. The van der Waals surface area contributed by atoms with Crippen LogP contribution in [0.2, 0.25) is 0 Å². The molecule has 5 heteroatoms. The van der Waals surface area contributed by atoms with Gasteiger partial charge in [-0.3, -0.25) is 15.1 Å².